The fourth-order valence-corrected chi connectivity index (χ4v) is 2.58. The molecule has 94 valence electrons. The van der Waals surface area contributed by atoms with E-state index >= 15 is 0 Å². The molecule has 1 heterocycles. The van der Waals surface area contributed by atoms with Gasteiger partial charge in [0.1, 0.15) is 5.78 Å². The smallest absolute Gasteiger partial charge is 0.131 e. The van der Waals surface area contributed by atoms with Crippen molar-refractivity contribution >= 4 is 5.78 Å². The minimum atomic E-state index is -0.182. The first-order valence-corrected chi connectivity index (χ1v) is 6.55. The summed E-state index contributed by atoms with van der Waals surface area (Å²) in [6.07, 6.45) is 6.62. The Morgan fingerprint density at radius 3 is 2.75 bits per heavy atom. The van der Waals surface area contributed by atoms with Gasteiger partial charge in [-0.2, -0.15) is 0 Å². The van der Waals surface area contributed by atoms with E-state index in [4.69, 9.17) is 0 Å². The van der Waals surface area contributed by atoms with Crippen LogP contribution in [-0.4, -0.2) is 29.1 Å². The van der Waals surface area contributed by atoms with Crippen molar-refractivity contribution in [2.75, 3.05) is 0 Å². The molecule has 0 unspecified atom stereocenters. The van der Waals surface area contributed by atoms with E-state index in [0.717, 1.165) is 32.1 Å². The number of carbonyl (C=O) groups is 1. The predicted octanol–water partition coefficient (Wildman–Crippen LogP) is 2.03. The molecule has 0 radical (unpaired) electrons. The number of rotatable bonds is 6. The SMILES string of the molecule is CCC[C@H](O)C[C@H]1CCC[C@@H](CC(C)=O)N1. The van der Waals surface area contributed by atoms with E-state index in [-0.39, 0.29) is 11.9 Å². The van der Waals surface area contributed by atoms with Crippen LogP contribution in [0.1, 0.15) is 58.8 Å². The van der Waals surface area contributed by atoms with Crippen LogP contribution in [-0.2, 0) is 4.79 Å². The van der Waals surface area contributed by atoms with Crippen LogP contribution < -0.4 is 5.32 Å². The van der Waals surface area contributed by atoms with Crippen LogP contribution in [0.4, 0.5) is 0 Å². The molecule has 3 nitrogen and oxygen atoms in total. The molecule has 1 aliphatic heterocycles. The maximum absolute atomic E-state index is 11.1. The molecule has 0 spiro atoms. The lowest BCUT2D eigenvalue weighted by Gasteiger charge is -2.31. The van der Waals surface area contributed by atoms with Crippen LogP contribution in [0, 0.1) is 0 Å². The third kappa shape index (κ3) is 5.08. The van der Waals surface area contributed by atoms with Crippen LogP contribution in [0.5, 0.6) is 0 Å². The molecule has 2 N–H and O–H groups in total. The van der Waals surface area contributed by atoms with Crippen LogP contribution in [0.25, 0.3) is 0 Å². The molecule has 3 atom stereocenters. The molecular formula is C13H25NO2. The molecule has 1 aliphatic rings. The fourth-order valence-electron chi connectivity index (χ4n) is 2.58. The Morgan fingerprint density at radius 2 is 2.12 bits per heavy atom. The van der Waals surface area contributed by atoms with Gasteiger partial charge in [0.15, 0.2) is 0 Å². The van der Waals surface area contributed by atoms with E-state index in [1.165, 1.54) is 6.42 Å². The summed E-state index contributed by atoms with van der Waals surface area (Å²) < 4.78 is 0. The van der Waals surface area contributed by atoms with Gasteiger partial charge in [0, 0.05) is 18.5 Å². The van der Waals surface area contributed by atoms with Crippen molar-refractivity contribution < 1.29 is 9.90 Å². The standard InChI is InChI=1S/C13H25NO2/c1-3-5-13(16)9-12-7-4-6-11(14-12)8-10(2)15/h11-14,16H,3-9H2,1-2H3/t11-,12+,13-/m0/s1. The van der Waals surface area contributed by atoms with Crippen LogP contribution >= 0.6 is 0 Å². The van der Waals surface area contributed by atoms with Crippen LogP contribution in [0.3, 0.4) is 0 Å². The van der Waals surface area contributed by atoms with Gasteiger partial charge in [-0.25, -0.2) is 0 Å². The predicted molar refractivity (Wildman–Crippen MR) is 65.4 cm³/mol. The number of aliphatic hydroxyl groups is 1. The first-order chi connectivity index (χ1) is 7.61. The van der Waals surface area contributed by atoms with Crippen LogP contribution in [0.2, 0.25) is 0 Å². The molecule has 0 bridgehead atoms. The van der Waals surface area contributed by atoms with Gasteiger partial charge >= 0.3 is 0 Å². The monoisotopic (exact) mass is 227 g/mol. The summed E-state index contributed by atoms with van der Waals surface area (Å²) in [6.45, 7) is 3.74. The van der Waals surface area contributed by atoms with E-state index in [9.17, 15) is 9.90 Å². The highest BCUT2D eigenvalue weighted by Gasteiger charge is 2.23. The average Bonchev–Trinajstić information content (AvgIpc) is 2.17. The number of ketones is 1. The second kappa shape index (κ2) is 7.02. The number of piperidine rings is 1. The lowest BCUT2D eigenvalue weighted by Crippen LogP contribution is -2.44. The zero-order chi connectivity index (χ0) is 12.0. The summed E-state index contributed by atoms with van der Waals surface area (Å²) >= 11 is 0. The second-order valence-corrected chi connectivity index (χ2v) is 5.08. The lowest BCUT2D eigenvalue weighted by atomic mass is 9.92. The summed E-state index contributed by atoms with van der Waals surface area (Å²) in [4.78, 5) is 11.1. The van der Waals surface area contributed by atoms with Crippen molar-refractivity contribution in [1.82, 2.24) is 5.32 Å². The molecule has 0 aromatic carbocycles. The molecule has 16 heavy (non-hydrogen) atoms. The minimum absolute atomic E-state index is 0.182. The van der Waals surface area contributed by atoms with Gasteiger partial charge in [-0.3, -0.25) is 4.79 Å². The molecule has 1 saturated heterocycles. The molecule has 0 saturated carbocycles. The third-order valence-corrected chi connectivity index (χ3v) is 3.29. The molecule has 0 aliphatic carbocycles. The van der Waals surface area contributed by atoms with Gasteiger partial charge in [0.2, 0.25) is 0 Å². The van der Waals surface area contributed by atoms with Crippen molar-refractivity contribution in [1.29, 1.82) is 0 Å². The zero-order valence-corrected chi connectivity index (χ0v) is 10.5. The molecule has 3 heteroatoms. The minimum Gasteiger partial charge on any atom is -0.393 e. The van der Waals surface area contributed by atoms with Crippen molar-refractivity contribution in [2.24, 2.45) is 0 Å². The van der Waals surface area contributed by atoms with E-state index in [0.29, 0.717) is 18.5 Å². The number of nitrogens with one attached hydrogen (secondary N) is 1. The number of aliphatic hydroxyl groups excluding tert-OH is 1. The van der Waals surface area contributed by atoms with Gasteiger partial charge in [-0.15, -0.1) is 0 Å². The molecule has 1 fully saturated rings. The summed E-state index contributed by atoms with van der Waals surface area (Å²) in [7, 11) is 0. The average molecular weight is 227 g/mol. The lowest BCUT2D eigenvalue weighted by molar-refractivity contribution is -0.117. The van der Waals surface area contributed by atoms with Crippen molar-refractivity contribution in [2.45, 2.75) is 77.0 Å². The van der Waals surface area contributed by atoms with E-state index in [1.54, 1.807) is 6.92 Å². The quantitative estimate of drug-likeness (QED) is 0.730. The first-order valence-electron chi connectivity index (χ1n) is 6.55. The summed E-state index contributed by atoms with van der Waals surface area (Å²) in [5.41, 5.74) is 0. The van der Waals surface area contributed by atoms with Gasteiger partial charge in [0.05, 0.1) is 6.10 Å². The highest BCUT2D eigenvalue weighted by molar-refractivity contribution is 5.76. The number of hydrogen-bond donors (Lipinski definition) is 2. The summed E-state index contributed by atoms with van der Waals surface area (Å²) in [5, 5.41) is 13.3. The van der Waals surface area contributed by atoms with Crippen molar-refractivity contribution in [3.8, 4) is 0 Å². The van der Waals surface area contributed by atoms with Gasteiger partial charge in [-0.1, -0.05) is 19.8 Å². The van der Waals surface area contributed by atoms with Crippen molar-refractivity contribution in [3.63, 3.8) is 0 Å². The molecule has 0 aromatic rings. The Bertz CT molecular complexity index is 218. The molecule has 1 rings (SSSR count). The highest BCUT2D eigenvalue weighted by atomic mass is 16.3. The Kier molecular flexibility index (Phi) is 5.99. The fraction of sp³-hybridized carbons (Fsp3) is 0.923. The van der Waals surface area contributed by atoms with Gasteiger partial charge in [0.25, 0.3) is 0 Å². The van der Waals surface area contributed by atoms with E-state index in [1.807, 2.05) is 0 Å². The van der Waals surface area contributed by atoms with E-state index in [2.05, 4.69) is 12.2 Å². The number of hydrogen-bond acceptors (Lipinski definition) is 3. The van der Waals surface area contributed by atoms with Crippen molar-refractivity contribution in [3.05, 3.63) is 0 Å². The Morgan fingerprint density at radius 1 is 1.44 bits per heavy atom. The largest absolute Gasteiger partial charge is 0.393 e. The topological polar surface area (TPSA) is 49.3 Å². The summed E-state index contributed by atoms with van der Waals surface area (Å²) in [6, 6.07) is 0.740. The molecular weight excluding hydrogens is 202 g/mol. The molecule has 0 aromatic heterocycles. The maximum atomic E-state index is 11.1. The van der Waals surface area contributed by atoms with Crippen LogP contribution in [0.15, 0.2) is 0 Å². The third-order valence-electron chi connectivity index (χ3n) is 3.29. The first kappa shape index (κ1) is 13.7. The number of Topliss-reactive ketones (excluding diaryl/α,β-unsaturated/α-hetero) is 1. The molecule has 0 amide bonds. The highest BCUT2D eigenvalue weighted by Crippen LogP contribution is 2.19. The zero-order valence-electron chi connectivity index (χ0n) is 10.5. The van der Waals surface area contributed by atoms with Gasteiger partial charge < -0.3 is 10.4 Å². The number of carbonyl (C=O) groups excluding carboxylic acids is 1. The van der Waals surface area contributed by atoms with E-state index < -0.39 is 0 Å². The Labute approximate surface area is 98.6 Å². The van der Waals surface area contributed by atoms with Gasteiger partial charge in [-0.05, 0) is 32.6 Å². The maximum Gasteiger partial charge on any atom is 0.131 e. The Balaban J connectivity index is 2.29. The normalized spacial score (nSPS) is 27.7. The second-order valence-electron chi connectivity index (χ2n) is 5.08. The summed E-state index contributed by atoms with van der Waals surface area (Å²) in [5.74, 6) is 0.257. The Hall–Kier alpha value is -0.410.